The van der Waals surface area contributed by atoms with Crippen LogP contribution in [0, 0.1) is 5.82 Å². The third kappa shape index (κ3) is 6.10. The summed E-state index contributed by atoms with van der Waals surface area (Å²) in [5, 5.41) is 4.27. The van der Waals surface area contributed by atoms with Crippen LogP contribution in [0.15, 0.2) is 49.1 Å². The third-order valence-electron chi connectivity index (χ3n) is 4.38. The maximum Gasteiger partial charge on any atom is 0.163 e. The lowest BCUT2D eigenvalue weighted by Crippen LogP contribution is -2.16. The smallest absolute Gasteiger partial charge is 0.163 e. The summed E-state index contributed by atoms with van der Waals surface area (Å²) in [7, 11) is 1.57. The highest BCUT2D eigenvalue weighted by Crippen LogP contribution is 2.34. The molecule has 0 saturated heterocycles. The number of ether oxygens (including phenoxy) is 2. The molecule has 0 fully saturated rings. The van der Waals surface area contributed by atoms with Crippen LogP contribution in [0.5, 0.6) is 11.5 Å². The summed E-state index contributed by atoms with van der Waals surface area (Å²) in [6.45, 7) is 2.54. The van der Waals surface area contributed by atoms with Crippen LogP contribution in [-0.4, -0.2) is 23.2 Å². The minimum Gasteiger partial charge on any atom is -0.493 e. The average molecular weight is 438 g/mol. The molecule has 0 unspecified atom stereocenters. The molecule has 1 N–H and O–H groups in total. The Kier molecular flexibility index (Phi) is 7.75. The molecule has 1 heterocycles. The number of methoxy groups -OCH3 is 1. The summed E-state index contributed by atoms with van der Waals surface area (Å²) in [4.78, 5) is 4.03. The Hall–Kier alpha value is -2.28. The molecule has 3 aromatic rings. The van der Waals surface area contributed by atoms with Crippen LogP contribution in [0.3, 0.4) is 0 Å². The summed E-state index contributed by atoms with van der Waals surface area (Å²) in [5.74, 6) is 0.686. The van der Waals surface area contributed by atoms with Gasteiger partial charge in [0.15, 0.2) is 11.5 Å². The van der Waals surface area contributed by atoms with Crippen LogP contribution in [0.4, 0.5) is 4.39 Å². The molecule has 0 spiro atoms. The molecule has 29 heavy (non-hydrogen) atoms. The lowest BCUT2D eigenvalue weighted by molar-refractivity contribution is 0.284. The van der Waals surface area contributed by atoms with Crippen LogP contribution in [0.1, 0.15) is 17.5 Å². The number of nitrogens with one attached hydrogen (secondary N) is 1. The molecule has 5 nitrogen and oxygen atoms in total. The lowest BCUT2D eigenvalue weighted by Gasteiger charge is -2.15. The monoisotopic (exact) mass is 437 g/mol. The molecule has 0 radical (unpaired) electrons. The Morgan fingerprint density at radius 2 is 1.93 bits per heavy atom. The highest BCUT2D eigenvalue weighted by atomic mass is 35.5. The zero-order valence-corrected chi connectivity index (χ0v) is 17.5. The van der Waals surface area contributed by atoms with E-state index < -0.39 is 0 Å². The van der Waals surface area contributed by atoms with Crippen molar-refractivity contribution in [3.05, 3.63) is 76.0 Å². The molecule has 3 rings (SSSR count). The van der Waals surface area contributed by atoms with Gasteiger partial charge < -0.3 is 19.4 Å². The molecule has 0 saturated carbocycles. The maximum atomic E-state index is 13.2. The molecular weight excluding hydrogens is 416 g/mol. The summed E-state index contributed by atoms with van der Waals surface area (Å²) in [6.07, 6.45) is 6.50. The number of nitrogens with zero attached hydrogens (tertiary/aromatic N) is 2. The standard InChI is InChI=1S/C21H22Cl2FN3O2/c1-28-20-9-16(12-25-5-2-7-27-8-6-26-14-27)19(23)11-21(20)29-13-15-3-4-17(24)10-18(15)22/h3-4,6,8-11,14,25H,2,5,7,12-13H2,1H3. The quantitative estimate of drug-likeness (QED) is 0.448. The van der Waals surface area contributed by atoms with E-state index in [4.69, 9.17) is 32.7 Å². The van der Waals surface area contributed by atoms with Crippen molar-refractivity contribution >= 4 is 23.2 Å². The minimum absolute atomic E-state index is 0.178. The van der Waals surface area contributed by atoms with Crippen molar-refractivity contribution in [2.45, 2.75) is 26.1 Å². The molecular formula is C21H22Cl2FN3O2. The van der Waals surface area contributed by atoms with Gasteiger partial charge in [-0.25, -0.2) is 9.37 Å². The Bertz CT molecular complexity index is 936. The zero-order valence-electron chi connectivity index (χ0n) is 16.0. The minimum atomic E-state index is -0.388. The molecule has 0 aliphatic heterocycles. The molecule has 8 heteroatoms. The molecule has 0 atom stereocenters. The van der Waals surface area contributed by atoms with Crippen LogP contribution in [0.25, 0.3) is 0 Å². The normalized spacial score (nSPS) is 10.9. The van der Waals surface area contributed by atoms with E-state index in [-0.39, 0.29) is 12.4 Å². The van der Waals surface area contributed by atoms with Gasteiger partial charge in [0.2, 0.25) is 0 Å². The molecule has 1 aromatic heterocycles. The number of aromatic nitrogens is 2. The van der Waals surface area contributed by atoms with Gasteiger partial charge in [-0.05, 0) is 36.7 Å². The third-order valence-corrected chi connectivity index (χ3v) is 5.08. The fraction of sp³-hybridized carbons (Fsp3) is 0.286. The van der Waals surface area contributed by atoms with Crippen molar-refractivity contribution in [2.75, 3.05) is 13.7 Å². The number of imidazole rings is 1. The van der Waals surface area contributed by atoms with Gasteiger partial charge >= 0.3 is 0 Å². The van der Waals surface area contributed by atoms with Gasteiger partial charge in [0.05, 0.1) is 18.5 Å². The highest BCUT2D eigenvalue weighted by Gasteiger charge is 2.12. The number of aryl methyl sites for hydroxylation is 1. The van der Waals surface area contributed by atoms with Gasteiger partial charge in [0.25, 0.3) is 0 Å². The van der Waals surface area contributed by atoms with Gasteiger partial charge in [-0.1, -0.05) is 29.3 Å². The lowest BCUT2D eigenvalue weighted by atomic mass is 10.2. The molecule has 2 aromatic carbocycles. The molecule has 0 amide bonds. The van der Waals surface area contributed by atoms with Crippen molar-refractivity contribution in [3.8, 4) is 11.5 Å². The first-order chi connectivity index (χ1) is 14.1. The van der Waals surface area contributed by atoms with Gasteiger partial charge in [0.1, 0.15) is 12.4 Å². The molecule has 0 bridgehead atoms. The van der Waals surface area contributed by atoms with Crippen LogP contribution in [-0.2, 0) is 19.7 Å². The highest BCUT2D eigenvalue weighted by molar-refractivity contribution is 6.31. The van der Waals surface area contributed by atoms with Gasteiger partial charge in [-0.15, -0.1) is 0 Å². The Morgan fingerprint density at radius 1 is 1.10 bits per heavy atom. The topological polar surface area (TPSA) is 48.3 Å². The van der Waals surface area contributed by atoms with E-state index in [2.05, 4.69) is 10.3 Å². The largest absolute Gasteiger partial charge is 0.493 e. The summed E-state index contributed by atoms with van der Waals surface area (Å²) < 4.78 is 26.5. The number of hydrogen-bond acceptors (Lipinski definition) is 4. The van der Waals surface area contributed by atoms with E-state index in [1.54, 1.807) is 31.8 Å². The van der Waals surface area contributed by atoms with E-state index in [0.29, 0.717) is 33.7 Å². The van der Waals surface area contributed by atoms with Crippen LogP contribution < -0.4 is 14.8 Å². The Labute approximate surface area is 179 Å². The fourth-order valence-corrected chi connectivity index (χ4v) is 3.25. The zero-order chi connectivity index (χ0) is 20.6. The van der Waals surface area contributed by atoms with E-state index >= 15 is 0 Å². The Morgan fingerprint density at radius 3 is 2.66 bits per heavy atom. The van der Waals surface area contributed by atoms with Crippen molar-refractivity contribution in [3.63, 3.8) is 0 Å². The summed E-state index contributed by atoms with van der Waals surface area (Å²) in [6, 6.07) is 7.77. The van der Waals surface area contributed by atoms with Crippen LogP contribution in [0.2, 0.25) is 10.0 Å². The number of hydrogen-bond donors (Lipinski definition) is 1. The fourth-order valence-electron chi connectivity index (χ4n) is 2.81. The second-order valence-corrected chi connectivity index (χ2v) is 7.26. The second-order valence-electron chi connectivity index (χ2n) is 6.45. The van der Waals surface area contributed by atoms with E-state index in [9.17, 15) is 4.39 Å². The van der Waals surface area contributed by atoms with E-state index in [0.717, 1.165) is 25.1 Å². The first-order valence-corrected chi connectivity index (χ1v) is 9.92. The predicted octanol–water partition coefficient (Wildman–Crippen LogP) is 5.10. The number of rotatable bonds is 10. The first-order valence-electron chi connectivity index (χ1n) is 9.16. The van der Waals surface area contributed by atoms with Gasteiger partial charge in [-0.2, -0.15) is 0 Å². The van der Waals surface area contributed by atoms with Crippen molar-refractivity contribution in [2.24, 2.45) is 0 Å². The van der Waals surface area contributed by atoms with Gasteiger partial charge in [-0.3, -0.25) is 0 Å². The first kappa shape index (κ1) is 21.4. The van der Waals surface area contributed by atoms with Crippen molar-refractivity contribution in [1.82, 2.24) is 14.9 Å². The van der Waals surface area contributed by atoms with Crippen LogP contribution >= 0.6 is 23.2 Å². The predicted molar refractivity (Wildman–Crippen MR) is 112 cm³/mol. The molecule has 0 aliphatic rings. The van der Waals surface area contributed by atoms with E-state index in [1.165, 1.54) is 12.1 Å². The Balaban J connectivity index is 1.56. The van der Waals surface area contributed by atoms with Gasteiger partial charge in [0, 0.05) is 42.1 Å². The number of benzene rings is 2. The summed E-state index contributed by atoms with van der Waals surface area (Å²) >= 11 is 12.5. The second kappa shape index (κ2) is 10.5. The van der Waals surface area contributed by atoms with Crippen molar-refractivity contribution in [1.29, 1.82) is 0 Å². The molecule has 154 valence electrons. The number of halogens is 3. The maximum absolute atomic E-state index is 13.2. The average Bonchev–Trinajstić information content (AvgIpc) is 3.22. The molecule has 0 aliphatic carbocycles. The van der Waals surface area contributed by atoms with E-state index in [1.807, 2.05) is 16.8 Å². The van der Waals surface area contributed by atoms with Crippen molar-refractivity contribution < 1.29 is 13.9 Å². The summed E-state index contributed by atoms with van der Waals surface area (Å²) in [5.41, 5.74) is 1.59. The SMILES string of the molecule is COc1cc(CNCCCn2ccnc2)c(Cl)cc1OCc1ccc(F)cc1Cl.